The van der Waals surface area contributed by atoms with E-state index in [0.29, 0.717) is 25.9 Å². The molecule has 1 aromatic rings. The number of amides is 1. The fraction of sp³-hybridized carbons (Fsp3) is 0.462. The minimum Gasteiger partial charge on any atom is -0.481 e. The Labute approximate surface area is 114 Å². The van der Waals surface area contributed by atoms with E-state index in [1.54, 1.807) is 0 Å². The van der Waals surface area contributed by atoms with E-state index in [1.807, 2.05) is 0 Å². The van der Waals surface area contributed by atoms with Gasteiger partial charge in [0.1, 0.15) is 0 Å². The van der Waals surface area contributed by atoms with E-state index in [0.717, 1.165) is 12.3 Å². The number of carboxylic acids is 1. The molecule has 0 bridgehead atoms. The van der Waals surface area contributed by atoms with Gasteiger partial charge >= 0.3 is 5.97 Å². The number of hydrogen-bond acceptors (Lipinski definition) is 3. The normalized spacial score (nSPS) is 18.3. The van der Waals surface area contributed by atoms with Crippen LogP contribution in [0.25, 0.3) is 0 Å². The number of nitrogens with zero attached hydrogens (tertiary/aromatic N) is 2. The molecule has 0 aromatic carbocycles. The fourth-order valence-corrected chi connectivity index (χ4v) is 2.33. The van der Waals surface area contributed by atoms with Gasteiger partial charge in [0, 0.05) is 25.7 Å². The first-order valence-corrected chi connectivity index (χ1v) is 6.30. The standard InChI is InChI=1S/C13H14F2N2O3/c14-11-9(3-5-16-12(11)15)13(20)17-6-4-8(7-17)1-2-10(18)19/h3,5,8H,1-2,4,6-7H2,(H,18,19). The molecule has 1 aliphatic heterocycles. The van der Waals surface area contributed by atoms with Gasteiger partial charge in [0.2, 0.25) is 5.95 Å². The van der Waals surface area contributed by atoms with Crippen LogP contribution in [0.2, 0.25) is 0 Å². The molecule has 0 radical (unpaired) electrons. The second kappa shape index (κ2) is 5.94. The molecule has 1 aromatic heterocycles. The molecular weight excluding hydrogens is 270 g/mol. The number of rotatable bonds is 4. The Bertz CT molecular complexity index is 536. The number of carboxylic acid groups (broad SMARTS) is 1. The van der Waals surface area contributed by atoms with Crippen molar-refractivity contribution in [3.8, 4) is 0 Å². The molecule has 1 fully saturated rings. The third-order valence-corrected chi connectivity index (χ3v) is 3.42. The van der Waals surface area contributed by atoms with Crippen molar-refractivity contribution in [3.63, 3.8) is 0 Å². The van der Waals surface area contributed by atoms with Crippen LogP contribution in [0.4, 0.5) is 8.78 Å². The Kier molecular flexibility index (Phi) is 4.26. The quantitative estimate of drug-likeness (QED) is 0.854. The Hall–Kier alpha value is -2.05. The van der Waals surface area contributed by atoms with Crippen molar-refractivity contribution < 1.29 is 23.5 Å². The lowest BCUT2D eigenvalue weighted by atomic mass is 10.0. The molecule has 5 nitrogen and oxygen atoms in total. The summed E-state index contributed by atoms with van der Waals surface area (Å²) in [5, 5.41) is 8.62. The van der Waals surface area contributed by atoms with Crippen LogP contribution in [-0.2, 0) is 4.79 Å². The largest absolute Gasteiger partial charge is 0.481 e. The summed E-state index contributed by atoms with van der Waals surface area (Å²) in [7, 11) is 0. The predicted octanol–water partition coefficient (Wildman–Crippen LogP) is 1.69. The highest BCUT2D eigenvalue weighted by Crippen LogP contribution is 2.23. The molecule has 1 amide bonds. The SMILES string of the molecule is O=C(O)CCC1CCN(C(=O)c2ccnc(F)c2F)C1. The highest BCUT2D eigenvalue weighted by Gasteiger charge is 2.29. The van der Waals surface area contributed by atoms with Gasteiger partial charge in [-0.3, -0.25) is 9.59 Å². The van der Waals surface area contributed by atoms with Crippen LogP contribution in [0.5, 0.6) is 0 Å². The third-order valence-electron chi connectivity index (χ3n) is 3.42. The van der Waals surface area contributed by atoms with Gasteiger partial charge < -0.3 is 10.0 Å². The van der Waals surface area contributed by atoms with Crippen LogP contribution in [0.15, 0.2) is 12.3 Å². The summed E-state index contributed by atoms with van der Waals surface area (Å²) < 4.78 is 26.5. The van der Waals surface area contributed by atoms with Crippen molar-refractivity contribution in [2.75, 3.05) is 13.1 Å². The highest BCUT2D eigenvalue weighted by atomic mass is 19.2. The van der Waals surface area contributed by atoms with Crippen molar-refractivity contribution in [2.24, 2.45) is 5.92 Å². The molecule has 1 atom stereocenters. The number of likely N-dealkylation sites (tertiary alicyclic amines) is 1. The molecule has 7 heteroatoms. The summed E-state index contributed by atoms with van der Waals surface area (Å²) in [4.78, 5) is 27.1. The van der Waals surface area contributed by atoms with E-state index >= 15 is 0 Å². The summed E-state index contributed by atoms with van der Waals surface area (Å²) in [6, 6.07) is 1.14. The molecule has 0 spiro atoms. The van der Waals surface area contributed by atoms with Gasteiger partial charge in [-0.1, -0.05) is 0 Å². The zero-order valence-electron chi connectivity index (χ0n) is 10.7. The van der Waals surface area contributed by atoms with Crippen molar-refractivity contribution in [2.45, 2.75) is 19.3 Å². The van der Waals surface area contributed by atoms with Gasteiger partial charge in [0.25, 0.3) is 5.91 Å². The second-order valence-corrected chi connectivity index (χ2v) is 4.80. The maximum atomic E-state index is 13.5. The number of carbonyl (C=O) groups excluding carboxylic acids is 1. The molecule has 20 heavy (non-hydrogen) atoms. The van der Waals surface area contributed by atoms with Gasteiger partial charge in [0.15, 0.2) is 5.82 Å². The Morgan fingerprint density at radius 2 is 2.20 bits per heavy atom. The smallest absolute Gasteiger partial charge is 0.303 e. The molecule has 1 N–H and O–H groups in total. The number of halogens is 2. The summed E-state index contributed by atoms with van der Waals surface area (Å²) in [6.07, 6.45) is 2.25. The molecule has 0 aliphatic carbocycles. The van der Waals surface area contributed by atoms with Gasteiger partial charge in [-0.25, -0.2) is 9.37 Å². The van der Waals surface area contributed by atoms with Crippen molar-refractivity contribution >= 4 is 11.9 Å². The lowest BCUT2D eigenvalue weighted by molar-refractivity contribution is -0.137. The topological polar surface area (TPSA) is 70.5 Å². The van der Waals surface area contributed by atoms with Crippen LogP contribution < -0.4 is 0 Å². The predicted molar refractivity (Wildman–Crippen MR) is 65.0 cm³/mol. The molecule has 1 aliphatic rings. The molecule has 1 saturated heterocycles. The monoisotopic (exact) mass is 284 g/mol. The molecule has 2 rings (SSSR count). The maximum absolute atomic E-state index is 13.5. The van der Waals surface area contributed by atoms with E-state index in [9.17, 15) is 18.4 Å². The van der Waals surface area contributed by atoms with Gasteiger partial charge in [-0.2, -0.15) is 4.39 Å². The fourth-order valence-electron chi connectivity index (χ4n) is 2.33. The van der Waals surface area contributed by atoms with Crippen LogP contribution in [0, 0.1) is 17.7 Å². The maximum Gasteiger partial charge on any atom is 0.303 e. The molecule has 2 heterocycles. The van der Waals surface area contributed by atoms with E-state index in [1.165, 1.54) is 4.90 Å². The number of hydrogen-bond donors (Lipinski definition) is 1. The number of pyridine rings is 1. The first-order valence-electron chi connectivity index (χ1n) is 6.30. The minimum absolute atomic E-state index is 0.0466. The highest BCUT2D eigenvalue weighted by molar-refractivity contribution is 5.94. The molecule has 108 valence electrons. The average molecular weight is 284 g/mol. The first kappa shape index (κ1) is 14.4. The van der Waals surface area contributed by atoms with E-state index in [4.69, 9.17) is 5.11 Å². The average Bonchev–Trinajstić information content (AvgIpc) is 2.87. The van der Waals surface area contributed by atoms with E-state index in [-0.39, 0.29) is 17.9 Å². The first-order chi connectivity index (χ1) is 9.49. The summed E-state index contributed by atoms with van der Waals surface area (Å²) in [6.45, 7) is 0.794. The zero-order chi connectivity index (χ0) is 14.7. The Morgan fingerprint density at radius 3 is 2.90 bits per heavy atom. The molecule has 0 saturated carbocycles. The van der Waals surface area contributed by atoms with Crippen molar-refractivity contribution in [3.05, 3.63) is 29.6 Å². The Balaban J connectivity index is 2.01. The molecule has 1 unspecified atom stereocenters. The summed E-state index contributed by atoms with van der Waals surface area (Å²) in [5.74, 6) is -3.91. The zero-order valence-corrected chi connectivity index (χ0v) is 10.7. The minimum atomic E-state index is -1.29. The third kappa shape index (κ3) is 3.09. The Morgan fingerprint density at radius 1 is 1.45 bits per heavy atom. The lowest BCUT2D eigenvalue weighted by Crippen LogP contribution is -2.29. The number of aliphatic carboxylic acids is 1. The van der Waals surface area contributed by atoms with Gasteiger partial charge in [-0.05, 0) is 24.8 Å². The van der Waals surface area contributed by atoms with Crippen LogP contribution in [0.3, 0.4) is 0 Å². The van der Waals surface area contributed by atoms with Crippen LogP contribution in [-0.4, -0.2) is 40.0 Å². The summed E-state index contributed by atoms with van der Waals surface area (Å²) in [5.41, 5.74) is -0.337. The second-order valence-electron chi connectivity index (χ2n) is 4.80. The van der Waals surface area contributed by atoms with Crippen molar-refractivity contribution in [1.29, 1.82) is 0 Å². The van der Waals surface area contributed by atoms with Gasteiger partial charge in [-0.15, -0.1) is 0 Å². The number of carbonyl (C=O) groups is 2. The van der Waals surface area contributed by atoms with Crippen LogP contribution >= 0.6 is 0 Å². The van der Waals surface area contributed by atoms with E-state index < -0.39 is 23.6 Å². The van der Waals surface area contributed by atoms with Gasteiger partial charge in [0.05, 0.1) is 5.56 Å². The number of aromatic nitrogens is 1. The van der Waals surface area contributed by atoms with E-state index in [2.05, 4.69) is 4.98 Å². The van der Waals surface area contributed by atoms with Crippen LogP contribution in [0.1, 0.15) is 29.6 Å². The lowest BCUT2D eigenvalue weighted by Gasteiger charge is -2.16. The van der Waals surface area contributed by atoms with Crippen molar-refractivity contribution in [1.82, 2.24) is 9.88 Å². The summed E-state index contributed by atoms with van der Waals surface area (Å²) >= 11 is 0. The molecular formula is C13H14F2N2O3.